The van der Waals surface area contributed by atoms with Crippen molar-refractivity contribution in [2.45, 2.75) is 69.7 Å². The lowest BCUT2D eigenvalue weighted by Crippen LogP contribution is -2.60. The largest absolute Gasteiger partial charge is 0.446 e. The minimum absolute atomic E-state index is 0.0824. The van der Waals surface area contributed by atoms with E-state index in [1.807, 2.05) is 91.1 Å². The number of carbonyl (C=O) groups excluding carboxylic acids is 3. The smallest absolute Gasteiger partial charge is 0.408 e. The second kappa shape index (κ2) is 13.7. The fraction of sp³-hybridized carbons (Fsp3) is 0.410. The Bertz CT molecular complexity index is 1710. The summed E-state index contributed by atoms with van der Waals surface area (Å²) in [5.41, 5.74) is 2.19. The molecule has 4 saturated carbocycles. The normalized spacial score (nSPS) is 24.3. The molecule has 4 fully saturated rings. The predicted octanol–water partition coefficient (Wildman–Crippen LogP) is 6.80. The summed E-state index contributed by atoms with van der Waals surface area (Å²) in [7, 11) is 0. The van der Waals surface area contributed by atoms with Crippen LogP contribution < -0.4 is 16.0 Å². The summed E-state index contributed by atoms with van der Waals surface area (Å²) in [6.07, 6.45) is 6.68. The standard InChI is InChI=1S/C39H44N4O5/c1-39(21-31-22-40-33-15-9-8-14-32(31)33,43-38(46)48-35-29-17-26-16-27(19-29)20-30(35)18-26)36(44)41-23-34(28-12-6-3-7-13-28)42-37(45)47-24-25-10-4-2-5-11-25/h2-15,22,26-27,29-30,34-35,40H,16-21,23-24H2,1H3,(H,41,44)(H,42,45)(H,43,46)/t26?,27?,29?,30?,34-,35?,39+/m0/s1. The van der Waals surface area contributed by atoms with Crippen LogP contribution in [0.4, 0.5) is 9.59 Å². The van der Waals surface area contributed by atoms with Gasteiger partial charge in [0.1, 0.15) is 18.2 Å². The quantitative estimate of drug-likeness (QED) is 0.143. The Morgan fingerprint density at radius 3 is 2.19 bits per heavy atom. The van der Waals surface area contributed by atoms with Gasteiger partial charge < -0.3 is 30.4 Å². The minimum Gasteiger partial charge on any atom is -0.446 e. The van der Waals surface area contributed by atoms with E-state index in [9.17, 15) is 14.4 Å². The molecule has 250 valence electrons. The molecule has 0 radical (unpaired) electrons. The van der Waals surface area contributed by atoms with E-state index in [0.717, 1.165) is 65.1 Å². The molecular weight excluding hydrogens is 604 g/mol. The third-order valence-electron chi connectivity index (χ3n) is 10.7. The molecule has 0 unspecified atom stereocenters. The first-order valence-electron chi connectivity index (χ1n) is 17.2. The van der Waals surface area contributed by atoms with Crippen LogP contribution in [-0.2, 0) is 27.3 Å². The summed E-state index contributed by atoms with van der Waals surface area (Å²) in [6, 6.07) is 26.2. The Hall–Kier alpha value is -4.79. The summed E-state index contributed by atoms with van der Waals surface area (Å²) in [5.74, 6) is 1.94. The Morgan fingerprint density at radius 2 is 1.48 bits per heavy atom. The van der Waals surface area contributed by atoms with Gasteiger partial charge in [-0.05, 0) is 85.5 Å². The highest BCUT2D eigenvalue weighted by atomic mass is 16.6. The molecule has 4 aliphatic carbocycles. The predicted molar refractivity (Wildman–Crippen MR) is 183 cm³/mol. The molecule has 4 N–H and O–H groups in total. The van der Waals surface area contributed by atoms with E-state index in [0.29, 0.717) is 11.8 Å². The first-order valence-corrected chi connectivity index (χ1v) is 17.2. The molecule has 4 bridgehead atoms. The number of aromatic amines is 1. The molecule has 2 atom stereocenters. The van der Waals surface area contributed by atoms with Gasteiger partial charge in [0.2, 0.25) is 5.91 Å². The van der Waals surface area contributed by atoms with Crippen LogP contribution in [0.2, 0.25) is 0 Å². The number of H-pyrrole nitrogens is 1. The SMILES string of the molecule is C[C@](Cc1c[nH]c2ccccc12)(NC(=O)OC1C2CC3CC(C2)CC1C3)C(=O)NC[C@H](NC(=O)OCc1ccccc1)c1ccccc1. The number of nitrogens with one attached hydrogen (secondary N) is 4. The lowest BCUT2D eigenvalue weighted by Gasteiger charge is -2.53. The topological polar surface area (TPSA) is 122 Å². The lowest BCUT2D eigenvalue weighted by atomic mass is 9.55. The molecule has 4 aliphatic rings. The molecule has 0 spiro atoms. The number of aromatic nitrogens is 1. The third-order valence-corrected chi connectivity index (χ3v) is 10.7. The molecule has 8 rings (SSSR count). The van der Waals surface area contributed by atoms with Crippen molar-refractivity contribution in [3.8, 4) is 0 Å². The highest BCUT2D eigenvalue weighted by Crippen LogP contribution is 2.54. The van der Waals surface area contributed by atoms with Gasteiger partial charge in [0.05, 0.1) is 6.04 Å². The van der Waals surface area contributed by atoms with Crippen LogP contribution in [0.5, 0.6) is 0 Å². The zero-order valence-corrected chi connectivity index (χ0v) is 27.3. The second-order valence-corrected chi connectivity index (χ2v) is 14.2. The Labute approximate surface area is 281 Å². The summed E-state index contributed by atoms with van der Waals surface area (Å²) in [5, 5.41) is 9.93. The van der Waals surface area contributed by atoms with Crippen molar-refractivity contribution in [2.24, 2.45) is 23.7 Å². The lowest BCUT2D eigenvalue weighted by molar-refractivity contribution is -0.127. The molecule has 48 heavy (non-hydrogen) atoms. The van der Waals surface area contributed by atoms with Crippen molar-refractivity contribution in [3.05, 3.63) is 108 Å². The molecule has 0 saturated heterocycles. The molecular formula is C39H44N4O5. The fourth-order valence-corrected chi connectivity index (χ4v) is 8.52. The van der Waals surface area contributed by atoms with Gasteiger partial charge in [-0.1, -0.05) is 78.9 Å². The first-order chi connectivity index (χ1) is 23.3. The van der Waals surface area contributed by atoms with Gasteiger partial charge in [-0.2, -0.15) is 0 Å². The van der Waals surface area contributed by atoms with Gasteiger partial charge in [0.15, 0.2) is 0 Å². The fourth-order valence-electron chi connectivity index (χ4n) is 8.52. The van der Waals surface area contributed by atoms with E-state index >= 15 is 0 Å². The van der Waals surface area contributed by atoms with E-state index in [2.05, 4.69) is 20.9 Å². The summed E-state index contributed by atoms with van der Waals surface area (Å²) >= 11 is 0. The average Bonchev–Trinajstić information content (AvgIpc) is 3.49. The molecule has 3 amide bonds. The second-order valence-electron chi connectivity index (χ2n) is 14.2. The summed E-state index contributed by atoms with van der Waals surface area (Å²) in [6.45, 7) is 1.94. The van der Waals surface area contributed by atoms with Gasteiger partial charge in [-0.3, -0.25) is 4.79 Å². The number of benzene rings is 3. The van der Waals surface area contributed by atoms with E-state index in [4.69, 9.17) is 9.47 Å². The number of para-hydroxylation sites is 1. The average molecular weight is 649 g/mol. The van der Waals surface area contributed by atoms with Gasteiger partial charge in [0.25, 0.3) is 0 Å². The number of ether oxygens (including phenoxy) is 2. The molecule has 1 heterocycles. The summed E-state index contributed by atoms with van der Waals surface area (Å²) in [4.78, 5) is 44.0. The van der Waals surface area contributed by atoms with Crippen LogP contribution in [0.3, 0.4) is 0 Å². The highest BCUT2D eigenvalue weighted by Gasteiger charge is 2.50. The molecule has 9 heteroatoms. The number of carbonyl (C=O) groups is 3. The number of alkyl carbamates (subject to hydrolysis) is 2. The zero-order chi connectivity index (χ0) is 33.1. The number of fused-ring (bicyclic) bond motifs is 1. The molecule has 3 aromatic carbocycles. The monoisotopic (exact) mass is 648 g/mol. The Kier molecular flexibility index (Phi) is 9.11. The number of hydrogen-bond donors (Lipinski definition) is 4. The maximum atomic E-state index is 14.2. The van der Waals surface area contributed by atoms with E-state index < -0.39 is 23.8 Å². The summed E-state index contributed by atoms with van der Waals surface area (Å²) < 4.78 is 11.7. The molecule has 1 aromatic heterocycles. The van der Waals surface area contributed by atoms with Crippen LogP contribution in [0, 0.1) is 23.7 Å². The van der Waals surface area contributed by atoms with Crippen LogP contribution in [0.25, 0.3) is 10.9 Å². The number of hydrogen-bond acceptors (Lipinski definition) is 5. The maximum absolute atomic E-state index is 14.2. The van der Waals surface area contributed by atoms with Crippen LogP contribution >= 0.6 is 0 Å². The highest BCUT2D eigenvalue weighted by molar-refractivity contribution is 5.91. The first kappa shape index (κ1) is 31.8. The third kappa shape index (κ3) is 7.05. The van der Waals surface area contributed by atoms with Crippen molar-refractivity contribution in [2.75, 3.05) is 6.54 Å². The van der Waals surface area contributed by atoms with Crippen molar-refractivity contribution < 1.29 is 23.9 Å². The van der Waals surface area contributed by atoms with Crippen LogP contribution in [0.1, 0.15) is 61.8 Å². The molecule has 4 aromatic rings. The Balaban J connectivity index is 1.06. The molecule has 9 nitrogen and oxygen atoms in total. The van der Waals surface area contributed by atoms with Gasteiger partial charge in [-0.15, -0.1) is 0 Å². The van der Waals surface area contributed by atoms with Crippen molar-refractivity contribution in [1.82, 2.24) is 20.9 Å². The van der Waals surface area contributed by atoms with Gasteiger partial charge in [-0.25, -0.2) is 9.59 Å². The molecule has 0 aliphatic heterocycles. The Morgan fingerprint density at radius 1 is 0.833 bits per heavy atom. The van der Waals surface area contributed by atoms with Crippen molar-refractivity contribution >= 4 is 29.0 Å². The maximum Gasteiger partial charge on any atom is 0.408 e. The van der Waals surface area contributed by atoms with Crippen LogP contribution in [-0.4, -0.2) is 41.3 Å². The van der Waals surface area contributed by atoms with E-state index in [-0.39, 0.29) is 31.6 Å². The minimum atomic E-state index is -1.34. The van der Waals surface area contributed by atoms with Crippen molar-refractivity contribution in [3.63, 3.8) is 0 Å². The van der Waals surface area contributed by atoms with Crippen LogP contribution in [0.15, 0.2) is 91.1 Å². The van der Waals surface area contributed by atoms with Crippen molar-refractivity contribution in [1.29, 1.82) is 0 Å². The van der Waals surface area contributed by atoms with E-state index in [1.54, 1.807) is 6.92 Å². The number of amides is 3. The van der Waals surface area contributed by atoms with Gasteiger partial charge >= 0.3 is 12.2 Å². The number of rotatable bonds is 11. The van der Waals surface area contributed by atoms with Gasteiger partial charge in [0, 0.05) is 30.1 Å². The van der Waals surface area contributed by atoms with E-state index in [1.165, 1.54) is 6.42 Å². The zero-order valence-electron chi connectivity index (χ0n) is 27.3.